The number of halogens is 5. The van der Waals surface area contributed by atoms with Gasteiger partial charge in [0.2, 0.25) is 0 Å². The average molecular weight is 443 g/mol. The summed E-state index contributed by atoms with van der Waals surface area (Å²) in [5, 5.41) is 5.85. The number of nitrogens with one attached hydrogen (secondary N) is 2. The van der Waals surface area contributed by atoms with Crippen molar-refractivity contribution in [3.05, 3.63) is 53.3 Å². The summed E-state index contributed by atoms with van der Waals surface area (Å²) < 4.78 is 69.8. The molecule has 168 valence electrons. The van der Waals surface area contributed by atoms with E-state index in [0.29, 0.717) is 37.0 Å². The minimum absolute atomic E-state index is 0.0386. The molecule has 0 radical (unpaired) electrons. The summed E-state index contributed by atoms with van der Waals surface area (Å²) in [7, 11) is 1.53. The molecule has 0 unspecified atom stereocenters. The number of amides is 1. The smallest absolute Gasteiger partial charge is 0.433 e. The van der Waals surface area contributed by atoms with E-state index in [-0.39, 0.29) is 23.7 Å². The number of methoxy groups -OCH3 is 1. The van der Waals surface area contributed by atoms with Crippen molar-refractivity contribution in [2.24, 2.45) is 0 Å². The quantitative estimate of drug-likeness (QED) is 0.603. The number of ether oxygens (including phenoxy) is 1. The molecule has 1 aromatic carbocycles. The third-order valence-electron chi connectivity index (χ3n) is 5.14. The van der Waals surface area contributed by atoms with E-state index in [1.54, 1.807) is 24.3 Å². The highest BCUT2D eigenvalue weighted by atomic mass is 19.4. The minimum atomic E-state index is -4.81. The monoisotopic (exact) mass is 443 g/mol. The fraction of sp³-hybridized carbons (Fsp3) is 0.429. The van der Waals surface area contributed by atoms with Crippen molar-refractivity contribution in [1.82, 2.24) is 10.3 Å². The molecule has 10 heteroatoms. The Balaban J connectivity index is 1.57. The Kier molecular flexibility index (Phi) is 6.97. The normalized spacial score (nSPS) is 19.2. The number of pyridine rings is 1. The van der Waals surface area contributed by atoms with Gasteiger partial charge in [0.25, 0.3) is 12.3 Å². The maximum Gasteiger partial charge on any atom is 0.433 e. The SMILES string of the molecule is COc1ccc(C(=O)NC2CCC(Nc3cc(C(F)F)nc(C(F)(F)F)c3)CC2)cc1. The Bertz CT molecular complexity index is 895. The lowest BCUT2D eigenvalue weighted by molar-refractivity contribution is -0.141. The molecule has 1 saturated carbocycles. The lowest BCUT2D eigenvalue weighted by Gasteiger charge is -2.30. The Morgan fingerprint density at radius 2 is 1.68 bits per heavy atom. The van der Waals surface area contributed by atoms with Crippen LogP contribution in [0, 0.1) is 0 Å². The topological polar surface area (TPSA) is 63.2 Å². The van der Waals surface area contributed by atoms with Crippen LogP contribution in [0.25, 0.3) is 0 Å². The van der Waals surface area contributed by atoms with Crippen LogP contribution >= 0.6 is 0 Å². The second-order valence-corrected chi connectivity index (χ2v) is 7.36. The van der Waals surface area contributed by atoms with Crippen LogP contribution < -0.4 is 15.4 Å². The maximum atomic E-state index is 13.0. The predicted octanol–water partition coefficient (Wildman–Crippen LogP) is 5.20. The minimum Gasteiger partial charge on any atom is -0.497 e. The first kappa shape index (κ1) is 22.8. The molecule has 0 saturated heterocycles. The molecule has 1 fully saturated rings. The van der Waals surface area contributed by atoms with Gasteiger partial charge in [0.15, 0.2) is 0 Å². The number of alkyl halides is 5. The maximum absolute atomic E-state index is 13.0. The van der Waals surface area contributed by atoms with E-state index in [1.165, 1.54) is 7.11 Å². The highest BCUT2D eigenvalue weighted by molar-refractivity contribution is 5.94. The summed E-state index contributed by atoms with van der Waals surface area (Å²) >= 11 is 0. The van der Waals surface area contributed by atoms with Gasteiger partial charge >= 0.3 is 6.18 Å². The van der Waals surface area contributed by atoms with Crippen molar-refractivity contribution in [2.45, 2.75) is 50.4 Å². The standard InChI is InChI=1S/C21H22F5N3O2/c1-31-16-8-2-12(3-9-16)20(30)28-14-6-4-13(5-7-14)27-15-10-17(19(22)23)29-18(11-15)21(24,25)26/h2-3,8-11,13-14,19H,4-7H2,1H3,(H,27,29)(H,28,30). The van der Waals surface area contributed by atoms with Gasteiger partial charge in [-0.25, -0.2) is 13.8 Å². The van der Waals surface area contributed by atoms with Crippen molar-refractivity contribution >= 4 is 11.6 Å². The lowest BCUT2D eigenvalue weighted by Crippen LogP contribution is -2.40. The van der Waals surface area contributed by atoms with Crippen molar-refractivity contribution in [2.75, 3.05) is 12.4 Å². The van der Waals surface area contributed by atoms with Gasteiger partial charge in [-0.3, -0.25) is 4.79 Å². The highest BCUT2D eigenvalue weighted by Crippen LogP contribution is 2.33. The van der Waals surface area contributed by atoms with E-state index in [2.05, 4.69) is 15.6 Å². The molecule has 0 bridgehead atoms. The van der Waals surface area contributed by atoms with Crippen LogP contribution in [0.15, 0.2) is 36.4 Å². The van der Waals surface area contributed by atoms with Gasteiger partial charge < -0.3 is 15.4 Å². The third-order valence-corrected chi connectivity index (χ3v) is 5.14. The average Bonchev–Trinajstić information content (AvgIpc) is 2.74. The van der Waals surface area contributed by atoms with Crippen LogP contribution in [0.3, 0.4) is 0 Å². The molecule has 0 aliphatic heterocycles. The summed E-state index contributed by atoms with van der Waals surface area (Å²) in [4.78, 5) is 15.4. The number of rotatable bonds is 6. The molecule has 3 rings (SSSR count). The number of anilines is 1. The molecule has 5 nitrogen and oxygen atoms in total. The van der Waals surface area contributed by atoms with Gasteiger partial charge in [-0.05, 0) is 62.1 Å². The zero-order valence-electron chi connectivity index (χ0n) is 16.7. The number of nitrogens with zero attached hydrogens (tertiary/aromatic N) is 1. The molecule has 1 aliphatic rings. The van der Waals surface area contributed by atoms with Crippen LogP contribution in [-0.2, 0) is 6.18 Å². The summed E-state index contributed by atoms with van der Waals surface area (Å²) in [6.45, 7) is 0. The van der Waals surface area contributed by atoms with E-state index in [4.69, 9.17) is 4.74 Å². The highest BCUT2D eigenvalue weighted by Gasteiger charge is 2.34. The molecule has 2 N–H and O–H groups in total. The summed E-state index contributed by atoms with van der Waals surface area (Å²) in [5.41, 5.74) is -1.81. The van der Waals surface area contributed by atoms with Gasteiger partial charge in [0.05, 0.1) is 7.11 Å². The molecular formula is C21H22F5N3O2. The van der Waals surface area contributed by atoms with Crippen molar-refractivity contribution < 1.29 is 31.5 Å². The Morgan fingerprint density at radius 3 is 2.23 bits per heavy atom. The Hall–Kier alpha value is -2.91. The zero-order chi connectivity index (χ0) is 22.6. The Labute approximate surface area is 176 Å². The fourth-order valence-corrected chi connectivity index (χ4v) is 3.52. The van der Waals surface area contributed by atoms with E-state index < -0.39 is 24.0 Å². The number of hydrogen-bond acceptors (Lipinski definition) is 4. The first-order valence-corrected chi connectivity index (χ1v) is 9.74. The zero-order valence-corrected chi connectivity index (χ0v) is 16.7. The van der Waals surface area contributed by atoms with Gasteiger partial charge in [-0.1, -0.05) is 0 Å². The van der Waals surface area contributed by atoms with E-state index in [1.807, 2.05) is 0 Å². The number of hydrogen-bond donors (Lipinski definition) is 2. The third kappa shape index (κ3) is 6.05. The number of benzene rings is 1. The number of carbonyl (C=O) groups excluding carboxylic acids is 1. The first-order chi connectivity index (χ1) is 14.7. The molecule has 31 heavy (non-hydrogen) atoms. The molecule has 1 aliphatic carbocycles. The molecular weight excluding hydrogens is 421 g/mol. The van der Waals surface area contributed by atoms with Crippen molar-refractivity contribution in [3.63, 3.8) is 0 Å². The molecule has 1 heterocycles. The molecule has 1 aromatic heterocycles. The largest absolute Gasteiger partial charge is 0.497 e. The van der Waals surface area contributed by atoms with Crippen LogP contribution in [0.1, 0.15) is 53.9 Å². The number of carbonyl (C=O) groups is 1. The molecule has 2 aromatic rings. The second kappa shape index (κ2) is 9.49. The summed E-state index contributed by atoms with van der Waals surface area (Å²) in [5.74, 6) is 0.424. The molecule has 0 spiro atoms. The lowest BCUT2D eigenvalue weighted by atomic mass is 9.90. The Morgan fingerprint density at radius 1 is 1.06 bits per heavy atom. The van der Waals surface area contributed by atoms with Gasteiger partial charge in [0, 0.05) is 23.3 Å². The fourth-order valence-electron chi connectivity index (χ4n) is 3.52. The molecule has 1 amide bonds. The van der Waals surface area contributed by atoms with Crippen LogP contribution in [-0.4, -0.2) is 30.1 Å². The summed E-state index contributed by atoms with van der Waals surface area (Å²) in [6.07, 6.45) is -5.56. The van der Waals surface area contributed by atoms with E-state index in [0.717, 1.165) is 12.1 Å². The summed E-state index contributed by atoms with van der Waals surface area (Å²) in [6, 6.07) is 8.10. The van der Waals surface area contributed by atoms with Gasteiger partial charge in [0.1, 0.15) is 17.1 Å². The van der Waals surface area contributed by atoms with Crippen LogP contribution in [0.2, 0.25) is 0 Å². The van der Waals surface area contributed by atoms with Gasteiger partial charge in [-0.15, -0.1) is 0 Å². The second-order valence-electron chi connectivity index (χ2n) is 7.36. The predicted molar refractivity (Wildman–Crippen MR) is 104 cm³/mol. The van der Waals surface area contributed by atoms with E-state index >= 15 is 0 Å². The van der Waals surface area contributed by atoms with E-state index in [9.17, 15) is 26.7 Å². The van der Waals surface area contributed by atoms with Crippen LogP contribution in [0.5, 0.6) is 5.75 Å². The van der Waals surface area contributed by atoms with Gasteiger partial charge in [-0.2, -0.15) is 13.2 Å². The first-order valence-electron chi connectivity index (χ1n) is 9.74. The van der Waals surface area contributed by atoms with Crippen molar-refractivity contribution in [3.8, 4) is 5.75 Å². The number of aromatic nitrogens is 1. The molecule has 0 atom stereocenters. The van der Waals surface area contributed by atoms with Crippen LogP contribution in [0.4, 0.5) is 27.6 Å². The van der Waals surface area contributed by atoms with Crippen molar-refractivity contribution in [1.29, 1.82) is 0 Å².